The Labute approximate surface area is 149 Å². The topological polar surface area (TPSA) is 67.2 Å². The van der Waals surface area contributed by atoms with Crippen LogP contribution < -0.4 is 4.74 Å². The number of hydrogen-bond acceptors (Lipinski definition) is 4. The third-order valence-corrected chi connectivity index (χ3v) is 3.98. The van der Waals surface area contributed by atoms with Crippen LogP contribution in [0, 0.1) is 11.3 Å². The molecule has 0 saturated heterocycles. The van der Waals surface area contributed by atoms with Crippen LogP contribution in [-0.2, 0) is 4.79 Å². The molecule has 114 valence electrons. The number of benzene rings is 2. The van der Waals surface area contributed by atoms with Gasteiger partial charge in [0.15, 0.2) is 5.75 Å². The molecule has 4 nitrogen and oxygen atoms in total. The zero-order valence-electron chi connectivity index (χ0n) is 11.6. The molecule has 0 heterocycles. The molecule has 0 aliphatic heterocycles. The molecule has 0 aliphatic carbocycles. The molecule has 0 fully saturated rings. The average Bonchev–Trinajstić information content (AvgIpc) is 2.56. The Morgan fingerprint density at radius 2 is 1.70 bits per heavy atom. The monoisotopic (exact) mass is 433 g/mol. The number of nitrogens with zero attached hydrogens (tertiary/aromatic N) is 1. The van der Waals surface area contributed by atoms with Crippen LogP contribution in [0.15, 0.2) is 57.0 Å². The lowest BCUT2D eigenvalue weighted by molar-refractivity contribution is -0.129. The van der Waals surface area contributed by atoms with Gasteiger partial charge in [-0.05, 0) is 55.6 Å². The minimum atomic E-state index is -0.781. The number of carbonyl (C=O) groups excluding carboxylic acids is 2. The Morgan fingerprint density at radius 1 is 1.09 bits per heavy atom. The molecule has 0 unspecified atom stereocenters. The summed E-state index contributed by atoms with van der Waals surface area (Å²) in [7, 11) is 0. The smallest absolute Gasteiger partial charge is 0.354 e. The van der Waals surface area contributed by atoms with Crippen molar-refractivity contribution >= 4 is 50.2 Å². The van der Waals surface area contributed by atoms with E-state index in [4.69, 9.17) is 10.00 Å². The maximum absolute atomic E-state index is 12.2. The summed E-state index contributed by atoms with van der Waals surface area (Å²) < 4.78 is 6.12. The van der Waals surface area contributed by atoms with Crippen molar-refractivity contribution in [3.05, 3.63) is 68.1 Å². The van der Waals surface area contributed by atoms with E-state index < -0.39 is 5.97 Å². The molecule has 0 atom stereocenters. The van der Waals surface area contributed by atoms with Crippen molar-refractivity contribution < 1.29 is 14.3 Å². The van der Waals surface area contributed by atoms with Gasteiger partial charge in [0, 0.05) is 5.56 Å². The molecule has 2 rings (SSSR count). The van der Waals surface area contributed by atoms with Crippen LogP contribution in [0.2, 0.25) is 0 Å². The summed E-state index contributed by atoms with van der Waals surface area (Å²) in [5, 5.41) is 9.17. The maximum Gasteiger partial charge on any atom is 0.354 e. The summed E-state index contributed by atoms with van der Waals surface area (Å²) in [6.07, 6.45) is 2.13. The SMILES string of the molecule is N#C/C(=C\c1ccccc1)C(=O)Oc1c(Br)cc(C=O)cc1Br. The van der Waals surface area contributed by atoms with Gasteiger partial charge in [-0.1, -0.05) is 30.3 Å². The molecule has 0 aliphatic rings. The van der Waals surface area contributed by atoms with Crippen LogP contribution in [-0.4, -0.2) is 12.3 Å². The summed E-state index contributed by atoms with van der Waals surface area (Å²) in [5.41, 5.74) is 1.01. The molecule has 0 saturated carbocycles. The molecular weight excluding hydrogens is 426 g/mol. The molecule has 0 bridgehead atoms. The Morgan fingerprint density at radius 3 is 2.22 bits per heavy atom. The summed E-state index contributed by atoms with van der Waals surface area (Å²) in [4.78, 5) is 23.0. The van der Waals surface area contributed by atoms with E-state index in [2.05, 4.69) is 31.9 Å². The minimum Gasteiger partial charge on any atom is -0.420 e. The molecule has 0 amide bonds. The van der Waals surface area contributed by atoms with E-state index in [1.54, 1.807) is 24.3 Å². The quantitative estimate of drug-likeness (QED) is 0.233. The Hall–Kier alpha value is -2.23. The molecule has 0 spiro atoms. The van der Waals surface area contributed by atoms with Gasteiger partial charge in [-0.15, -0.1) is 0 Å². The largest absolute Gasteiger partial charge is 0.420 e. The van der Waals surface area contributed by atoms with E-state index in [9.17, 15) is 9.59 Å². The van der Waals surface area contributed by atoms with Gasteiger partial charge in [0.1, 0.15) is 17.9 Å². The van der Waals surface area contributed by atoms with Crippen molar-refractivity contribution in [1.29, 1.82) is 5.26 Å². The van der Waals surface area contributed by atoms with Gasteiger partial charge < -0.3 is 4.74 Å². The summed E-state index contributed by atoms with van der Waals surface area (Å²) in [6, 6.07) is 13.9. The number of esters is 1. The van der Waals surface area contributed by atoms with Gasteiger partial charge >= 0.3 is 5.97 Å². The zero-order chi connectivity index (χ0) is 16.8. The van der Waals surface area contributed by atoms with Crippen LogP contribution in [0.1, 0.15) is 15.9 Å². The molecular formula is C17H9Br2NO3. The first-order valence-electron chi connectivity index (χ1n) is 6.38. The lowest BCUT2D eigenvalue weighted by Gasteiger charge is -2.09. The maximum atomic E-state index is 12.2. The standard InChI is InChI=1S/C17H9Br2NO3/c18-14-7-12(10-21)8-15(19)16(14)23-17(22)13(9-20)6-11-4-2-1-3-5-11/h1-8,10H/b13-6+. The second-order valence-corrected chi connectivity index (χ2v) is 6.11. The summed E-state index contributed by atoms with van der Waals surface area (Å²) in [5.74, 6) is -0.577. The number of ether oxygens (including phenoxy) is 1. The van der Waals surface area contributed by atoms with Crippen LogP contribution in [0.3, 0.4) is 0 Å². The highest BCUT2D eigenvalue weighted by Crippen LogP contribution is 2.35. The number of aldehydes is 1. The fraction of sp³-hybridized carbons (Fsp3) is 0. The number of hydrogen-bond donors (Lipinski definition) is 0. The third-order valence-electron chi connectivity index (χ3n) is 2.80. The molecule has 0 aromatic heterocycles. The number of halogens is 2. The van der Waals surface area contributed by atoms with Gasteiger partial charge in [-0.25, -0.2) is 4.79 Å². The molecule has 23 heavy (non-hydrogen) atoms. The van der Waals surface area contributed by atoms with E-state index in [1.165, 1.54) is 18.2 Å². The van der Waals surface area contributed by atoms with Crippen molar-refractivity contribution in [2.24, 2.45) is 0 Å². The van der Waals surface area contributed by atoms with Gasteiger partial charge in [0.25, 0.3) is 0 Å². The van der Waals surface area contributed by atoms with Crippen molar-refractivity contribution in [3.63, 3.8) is 0 Å². The first-order valence-corrected chi connectivity index (χ1v) is 7.97. The lowest BCUT2D eigenvalue weighted by atomic mass is 10.1. The molecule has 6 heteroatoms. The van der Waals surface area contributed by atoms with Crippen molar-refractivity contribution in [2.75, 3.05) is 0 Å². The van der Waals surface area contributed by atoms with E-state index in [1.807, 2.05) is 12.1 Å². The Kier molecular flexibility index (Phi) is 5.85. The van der Waals surface area contributed by atoms with E-state index in [-0.39, 0.29) is 11.3 Å². The Balaban J connectivity index is 2.30. The van der Waals surface area contributed by atoms with Gasteiger partial charge in [-0.3, -0.25) is 4.79 Å². The predicted molar refractivity (Wildman–Crippen MR) is 92.9 cm³/mol. The predicted octanol–water partition coefficient (Wildman–Crippen LogP) is 4.54. The van der Waals surface area contributed by atoms with Gasteiger partial charge in [-0.2, -0.15) is 5.26 Å². The zero-order valence-corrected chi connectivity index (χ0v) is 14.8. The number of carbonyl (C=O) groups is 2. The minimum absolute atomic E-state index is 0.130. The first kappa shape index (κ1) is 17.1. The van der Waals surface area contributed by atoms with E-state index in [0.29, 0.717) is 20.8 Å². The number of nitriles is 1. The first-order chi connectivity index (χ1) is 11.0. The fourth-order valence-electron chi connectivity index (χ4n) is 1.75. The van der Waals surface area contributed by atoms with Crippen LogP contribution in [0.25, 0.3) is 6.08 Å². The summed E-state index contributed by atoms with van der Waals surface area (Å²) >= 11 is 6.47. The highest BCUT2D eigenvalue weighted by atomic mass is 79.9. The van der Waals surface area contributed by atoms with Crippen LogP contribution >= 0.6 is 31.9 Å². The Bertz CT molecular complexity index is 800. The molecule has 0 N–H and O–H groups in total. The van der Waals surface area contributed by atoms with E-state index >= 15 is 0 Å². The average molecular weight is 435 g/mol. The highest BCUT2D eigenvalue weighted by molar-refractivity contribution is 9.11. The van der Waals surface area contributed by atoms with Gasteiger partial charge in [0.05, 0.1) is 8.95 Å². The van der Waals surface area contributed by atoms with E-state index in [0.717, 1.165) is 5.56 Å². The molecule has 0 radical (unpaired) electrons. The third kappa shape index (κ3) is 4.38. The molecule has 2 aromatic rings. The second kappa shape index (κ2) is 7.86. The van der Waals surface area contributed by atoms with Crippen molar-refractivity contribution in [2.45, 2.75) is 0 Å². The second-order valence-electron chi connectivity index (χ2n) is 4.40. The fourth-order valence-corrected chi connectivity index (χ4v) is 3.13. The highest BCUT2D eigenvalue weighted by Gasteiger charge is 2.17. The van der Waals surface area contributed by atoms with Crippen molar-refractivity contribution in [3.8, 4) is 11.8 Å². The normalized spacial score (nSPS) is 10.7. The van der Waals surface area contributed by atoms with Crippen LogP contribution in [0.5, 0.6) is 5.75 Å². The summed E-state index contributed by atoms with van der Waals surface area (Å²) in [6.45, 7) is 0. The van der Waals surface area contributed by atoms with Gasteiger partial charge in [0.2, 0.25) is 0 Å². The van der Waals surface area contributed by atoms with Crippen LogP contribution in [0.4, 0.5) is 0 Å². The number of rotatable bonds is 4. The van der Waals surface area contributed by atoms with Crippen molar-refractivity contribution in [1.82, 2.24) is 0 Å². The lowest BCUT2D eigenvalue weighted by Crippen LogP contribution is -2.11. The molecule has 2 aromatic carbocycles.